The van der Waals surface area contributed by atoms with E-state index in [-0.39, 0.29) is 6.54 Å². The fourth-order valence-electron chi connectivity index (χ4n) is 1.27. The number of ether oxygens (including phenoxy) is 1. The molecular formula is C15H18N2O3. The Hall–Kier alpha value is -2.48. The largest absolute Gasteiger partial charge is 0.459 e. The first-order valence-corrected chi connectivity index (χ1v) is 6.13. The smallest absolute Gasteiger partial charge is 0.325 e. The average Bonchev–Trinajstić information content (AvgIpc) is 2.33. The zero-order valence-electron chi connectivity index (χ0n) is 11.8. The number of carbonyl (C=O) groups is 2. The Labute approximate surface area is 118 Å². The summed E-state index contributed by atoms with van der Waals surface area (Å²) in [6.45, 7) is 5.07. The van der Waals surface area contributed by atoms with Crippen LogP contribution < -0.4 is 11.1 Å². The van der Waals surface area contributed by atoms with Crippen LogP contribution in [0.3, 0.4) is 0 Å². The van der Waals surface area contributed by atoms with Crippen molar-refractivity contribution >= 4 is 17.6 Å². The molecule has 5 heteroatoms. The topological polar surface area (TPSA) is 81.4 Å². The highest BCUT2D eigenvalue weighted by Crippen LogP contribution is 2.06. The maximum atomic E-state index is 11.4. The highest BCUT2D eigenvalue weighted by atomic mass is 16.6. The third-order valence-corrected chi connectivity index (χ3v) is 2.04. The molecule has 1 aromatic rings. The Balaban J connectivity index is 2.45. The van der Waals surface area contributed by atoms with Gasteiger partial charge in [0.05, 0.1) is 0 Å². The number of nitrogens with two attached hydrogens (primary N) is 1. The molecule has 0 unspecified atom stereocenters. The lowest BCUT2D eigenvalue weighted by Crippen LogP contribution is -2.34. The Morgan fingerprint density at radius 3 is 2.40 bits per heavy atom. The summed E-state index contributed by atoms with van der Waals surface area (Å²) < 4.78 is 5.05. The molecule has 0 aliphatic heterocycles. The monoisotopic (exact) mass is 274 g/mol. The standard InChI is InChI=1S/C15H18N2O3/c1-15(2,3)20-14(19)10-17-13(18)9-6-11-4-7-12(16)8-5-11/h4-5,7-8H,10,16H2,1-3H3,(H,17,18). The van der Waals surface area contributed by atoms with Crippen LogP contribution in [0.25, 0.3) is 0 Å². The van der Waals surface area contributed by atoms with Gasteiger partial charge in [0.25, 0.3) is 5.91 Å². The summed E-state index contributed by atoms with van der Waals surface area (Å²) in [5, 5.41) is 2.37. The molecule has 20 heavy (non-hydrogen) atoms. The summed E-state index contributed by atoms with van der Waals surface area (Å²) in [6.07, 6.45) is 0. The van der Waals surface area contributed by atoms with E-state index in [9.17, 15) is 9.59 Å². The van der Waals surface area contributed by atoms with E-state index in [1.54, 1.807) is 45.0 Å². The summed E-state index contributed by atoms with van der Waals surface area (Å²) in [5.74, 6) is 4.03. The molecule has 0 aromatic heterocycles. The lowest BCUT2D eigenvalue weighted by molar-refractivity contribution is -0.154. The Kier molecular flexibility index (Phi) is 5.15. The molecular weight excluding hydrogens is 256 g/mol. The second kappa shape index (κ2) is 6.62. The fourth-order valence-corrected chi connectivity index (χ4v) is 1.27. The van der Waals surface area contributed by atoms with Crippen molar-refractivity contribution < 1.29 is 14.3 Å². The number of carbonyl (C=O) groups excluding carboxylic acids is 2. The molecule has 0 heterocycles. The van der Waals surface area contributed by atoms with E-state index >= 15 is 0 Å². The first-order valence-electron chi connectivity index (χ1n) is 6.13. The number of hydrogen-bond acceptors (Lipinski definition) is 4. The lowest BCUT2D eigenvalue weighted by atomic mass is 10.2. The predicted octanol–water partition coefficient (Wildman–Crippen LogP) is 1.08. The molecule has 5 nitrogen and oxygen atoms in total. The van der Waals surface area contributed by atoms with Crippen molar-refractivity contribution in [3.8, 4) is 11.8 Å². The van der Waals surface area contributed by atoms with Crippen LogP contribution in [0.15, 0.2) is 24.3 Å². The molecule has 3 N–H and O–H groups in total. The molecule has 0 aliphatic carbocycles. The fraction of sp³-hybridized carbons (Fsp3) is 0.333. The second-order valence-corrected chi connectivity index (χ2v) is 5.14. The van der Waals surface area contributed by atoms with Gasteiger partial charge in [-0.1, -0.05) is 5.92 Å². The number of nitrogen functional groups attached to an aromatic ring is 1. The van der Waals surface area contributed by atoms with E-state index in [0.717, 1.165) is 0 Å². The van der Waals surface area contributed by atoms with E-state index in [4.69, 9.17) is 10.5 Å². The van der Waals surface area contributed by atoms with Gasteiger partial charge in [-0.2, -0.15) is 0 Å². The number of rotatable bonds is 2. The number of nitrogens with one attached hydrogen (secondary N) is 1. The molecule has 0 spiro atoms. The van der Waals surface area contributed by atoms with Crippen molar-refractivity contribution in [2.24, 2.45) is 0 Å². The highest BCUT2D eigenvalue weighted by Gasteiger charge is 2.16. The number of benzene rings is 1. The van der Waals surface area contributed by atoms with Crippen molar-refractivity contribution in [2.45, 2.75) is 26.4 Å². The second-order valence-electron chi connectivity index (χ2n) is 5.14. The molecule has 0 bridgehead atoms. The van der Waals surface area contributed by atoms with Crippen LogP contribution in [0.1, 0.15) is 26.3 Å². The minimum absolute atomic E-state index is 0.202. The lowest BCUT2D eigenvalue weighted by Gasteiger charge is -2.19. The quantitative estimate of drug-likeness (QED) is 0.480. The maximum Gasteiger partial charge on any atom is 0.325 e. The molecule has 1 amide bonds. The van der Waals surface area contributed by atoms with E-state index in [1.807, 2.05) is 0 Å². The number of amides is 1. The van der Waals surface area contributed by atoms with Gasteiger partial charge in [-0.15, -0.1) is 0 Å². The van der Waals surface area contributed by atoms with Crippen molar-refractivity contribution in [1.82, 2.24) is 5.32 Å². The van der Waals surface area contributed by atoms with Crippen LogP contribution in [-0.4, -0.2) is 24.0 Å². The van der Waals surface area contributed by atoms with E-state index in [2.05, 4.69) is 17.2 Å². The number of esters is 1. The van der Waals surface area contributed by atoms with Crippen LogP contribution in [-0.2, 0) is 14.3 Å². The van der Waals surface area contributed by atoms with E-state index < -0.39 is 17.5 Å². The SMILES string of the molecule is CC(C)(C)OC(=O)CNC(=O)C#Cc1ccc(N)cc1. The molecule has 0 aliphatic rings. The zero-order valence-corrected chi connectivity index (χ0v) is 11.8. The van der Waals surface area contributed by atoms with Gasteiger partial charge < -0.3 is 15.8 Å². The molecule has 0 saturated carbocycles. The van der Waals surface area contributed by atoms with Crippen LogP contribution >= 0.6 is 0 Å². The third kappa shape index (κ3) is 6.45. The van der Waals surface area contributed by atoms with Gasteiger partial charge in [-0.05, 0) is 45.0 Å². The minimum atomic E-state index is -0.572. The zero-order chi connectivity index (χ0) is 15.2. The van der Waals surface area contributed by atoms with Crippen molar-refractivity contribution in [1.29, 1.82) is 0 Å². The number of hydrogen-bond donors (Lipinski definition) is 2. The van der Waals surface area contributed by atoms with Gasteiger partial charge >= 0.3 is 5.97 Å². The van der Waals surface area contributed by atoms with E-state index in [0.29, 0.717) is 11.3 Å². The van der Waals surface area contributed by atoms with Gasteiger partial charge in [-0.25, -0.2) is 0 Å². The summed E-state index contributed by atoms with van der Waals surface area (Å²) >= 11 is 0. The van der Waals surface area contributed by atoms with Crippen molar-refractivity contribution in [2.75, 3.05) is 12.3 Å². The minimum Gasteiger partial charge on any atom is -0.459 e. The van der Waals surface area contributed by atoms with Crippen LogP contribution in [0.4, 0.5) is 5.69 Å². The molecule has 1 rings (SSSR count). The first kappa shape index (κ1) is 15.6. The Morgan fingerprint density at radius 2 is 1.85 bits per heavy atom. The average molecular weight is 274 g/mol. The van der Waals surface area contributed by atoms with Gasteiger partial charge in [0.2, 0.25) is 0 Å². The van der Waals surface area contributed by atoms with Crippen molar-refractivity contribution in [3.05, 3.63) is 29.8 Å². The molecule has 1 aromatic carbocycles. The summed E-state index contributed by atoms with van der Waals surface area (Å²) in [4.78, 5) is 22.8. The number of anilines is 1. The molecule has 0 fully saturated rings. The predicted molar refractivity (Wildman–Crippen MR) is 76.6 cm³/mol. The molecule has 106 valence electrons. The highest BCUT2D eigenvalue weighted by molar-refractivity contribution is 5.95. The van der Waals surface area contributed by atoms with Crippen molar-refractivity contribution in [3.63, 3.8) is 0 Å². The van der Waals surface area contributed by atoms with Crippen LogP contribution in [0.5, 0.6) is 0 Å². The Morgan fingerprint density at radius 1 is 1.25 bits per heavy atom. The molecule has 0 radical (unpaired) electrons. The normalized spacial score (nSPS) is 10.2. The van der Waals surface area contributed by atoms with Crippen LogP contribution in [0.2, 0.25) is 0 Å². The summed E-state index contributed by atoms with van der Waals surface area (Å²) in [5.41, 5.74) is 6.27. The van der Waals surface area contributed by atoms with Gasteiger partial charge in [0, 0.05) is 17.2 Å². The Bertz CT molecular complexity index is 545. The summed E-state index contributed by atoms with van der Waals surface area (Å²) in [7, 11) is 0. The van der Waals surface area contributed by atoms with Gasteiger partial charge in [0.1, 0.15) is 12.1 Å². The third-order valence-electron chi connectivity index (χ3n) is 2.04. The first-order chi connectivity index (χ1) is 9.26. The van der Waals surface area contributed by atoms with Gasteiger partial charge in [0.15, 0.2) is 0 Å². The molecule has 0 atom stereocenters. The maximum absolute atomic E-state index is 11.4. The summed E-state index contributed by atoms with van der Waals surface area (Å²) in [6, 6.07) is 6.82. The van der Waals surface area contributed by atoms with E-state index in [1.165, 1.54) is 0 Å². The van der Waals surface area contributed by atoms with Gasteiger partial charge in [-0.3, -0.25) is 9.59 Å². The molecule has 0 saturated heterocycles. The van der Waals surface area contributed by atoms with Crippen LogP contribution in [0, 0.1) is 11.8 Å².